The van der Waals surface area contributed by atoms with Crippen LogP contribution in [0.15, 0.2) is 42.5 Å². The van der Waals surface area contributed by atoms with Crippen molar-refractivity contribution in [3.05, 3.63) is 59.7 Å². The van der Waals surface area contributed by atoms with Crippen LogP contribution in [-0.2, 0) is 6.18 Å². The van der Waals surface area contributed by atoms with E-state index in [2.05, 4.69) is 0 Å². The molecule has 0 nitrogen and oxygen atoms in total. The molecule has 94 valence electrons. The quantitative estimate of drug-likeness (QED) is 0.653. The van der Waals surface area contributed by atoms with Gasteiger partial charge in [-0.2, -0.15) is 13.2 Å². The highest BCUT2D eigenvalue weighted by Gasteiger charge is 2.36. The van der Waals surface area contributed by atoms with E-state index in [-0.39, 0.29) is 11.1 Å². The fourth-order valence-corrected chi connectivity index (χ4v) is 1.68. The summed E-state index contributed by atoms with van der Waals surface area (Å²) in [6.45, 7) is 0. The summed E-state index contributed by atoms with van der Waals surface area (Å²) in [5.74, 6) is -1.91. The Morgan fingerprint density at radius 3 is 1.94 bits per heavy atom. The van der Waals surface area contributed by atoms with Crippen molar-refractivity contribution in [3.8, 4) is 11.1 Å². The molecule has 0 aliphatic rings. The Morgan fingerprint density at radius 2 is 1.39 bits per heavy atom. The molecule has 0 N–H and O–H groups in total. The summed E-state index contributed by atoms with van der Waals surface area (Å²) in [6.07, 6.45) is -4.80. The lowest BCUT2D eigenvalue weighted by atomic mass is 9.99. The topological polar surface area (TPSA) is 0 Å². The number of alkyl halides is 3. The van der Waals surface area contributed by atoms with Gasteiger partial charge in [0.25, 0.3) is 0 Å². The highest BCUT2D eigenvalue weighted by atomic mass is 19.4. The molecule has 0 atom stereocenters. The zero-order valence-corrected chi connectivity index (χ0v) is 8.93. The zero-order chi connectivity index (χ0) is 13.3. The molecule has 0 heterocycles. The van der Waals surface area contributed by atoms with Crippen LogP contribution in [0.25, 0.3) is 11.1 Å². The van der Waals surface area contributed by atoms with E-state index in [1.165, 1.54) is 18.2 Å². The van der Waals surface area contributed by atoms with E-state index in [0.717, 1.165) is 24.3 Å². The highest BCUT2D eigenvalue weighted by molar-refractivity contribution is 5.68. The molecule has 0 saturated carbocycles. The van der Waals surface area contributed by atoms with E-state index in [4.69, 9.17) is 0 Å². The third kappa shape index (κ3) is 2.34. The molecule has 2 aromatic carbocycles. The molecule has 18 heavy (non-hydrogen) atoms. The Bertz CT molecular complexity index is 555. The average Bonchev–Trinajstić information content (AvgIpc) is 2.28. The van der Waals surface area contributed by atoms with Crippen LogP contribution in [0.4, 0.5) is 22.0 Å². The van der Waals surface area contributed by atoms with Gasteiger partial charge in [-0.05, 0) is 29.3 Å². The Kier molecular flexibility index (Phi) is 3.07. The van der Waals surface area contributed by atoms with E-state index in [1.54, 1.807) is 0 Å². The molecule has 5 heteroatoms. The van der Waals surface area contributed by atoms with Gasteiger partial charge in [-0.25, -0.2) is 8.78 Å². The fraction of sp³-hybridized carbons (Fsp3) is 0.0769. The smallest absolute Gasteiger partial charge is 0.207 e. The SMILES string of the molecule is Fc1ccc(-c2cccc(F)c2C(F)(F)F)cc1. The van der Waals surface area contributed by atoms with E-state index in [1.807, 2.05) is 0 Å². The monoisotopic (exact) mass is 258 g/mol. The molecule has 2 aromatic rings. The van der Waals surface area contributed by atoms with Crippen LogP contribution in [0.1, 0.15) is 5.56 Å². The normalized spacial score (nSPS) is 11.6. The summed E-state index contributed by atoms with van der Waals surface area (Å²) in [4.78, 5) is 0. The zero-order valence-electron chi connectivity index (χ0n) is 8.93. The summed E-state index contributed by atoms with van der Waals surface area (Å²) in [6, 6.07) is 7.50. The molecule has 0 unspecified atom stereocenters. The summed E-state index contributed by atoms with van der Waals surface area (Å²) < 4.78 is 64.3. The Balaban J connectivity index is 2.65. The van der Waals surface area contributed by atoms with Gasteiger partial charge < -0.3 is 0 Å². The van der Waals surface area contributed by atoms with Gasteiger partial charge in [0.1, 0.15) is 11.6 Å². The standard InChI is InChI=1S/C13H7F5/c14-9-6-4-8(5-7-9)10-2-1-3-11(15)12(10)13(16,17)18/h1-7H. The molecule has 0 saturated heterocycles. The molecule has 0 aromatic heterocycles. The van der Waals surface area contributed by atoms with Gasteiger partial charge in [0.15, 0.2) is 0 Å². The number of rotatable bonds is 1. The first kappa shape index (κ1) is 12.5. The van der Waals surface area contributed by atoms with Gasteiger partial charge >= 0.3 is 6.18 Å². The maximum absolute atomic E-state index is 13.3. The highest BCUT2D eigenvalue weighted by Crippen LogP contribution is 2.38. The first-order valence-corrected chi connectivity index (χ1v) is 5.01. The third-order valence-electron chi connectivity index (χ3n) is 2.45. The van der Waals surface area contributed by atoms with E-state index in [0.29, 0.717) is 0 Å². The first-order valence-electron chi connectivity index (χ1n) is 5.01. The lowest BCUT2D eigenvalue weighted by molar-refractivity contribution is -0.139. The predicted molar refractivity (Wildman–Crippen MR) is 56.8 cm³/mol. The van der Waals surface area contributed by atoms with Crippen LogP contribution in [-0.4, -0.2) is 0 Å². The minimum absolute atomic E-state index is 0.114. The Hall–Kier alpha value is -1.91. The van der Waals surface area contributed by atoms with Gasteiger partial charge in [-0.1, -0.05) is 24.3 Å². The molecular weight excluding hydrogens is 251 g/mol. The minimum atomic E-state index is -4.80. The molecule has 0 amide bonds. The molecule has 0 radical (unpaired) electrons. The lowest BCUT2D eigenvalue weighted by Gasteiger charge is -2.13. The minimum Gasteiger partial charge on any atom is -0.207 e. The summed E-state index contributed by atoms with van der Waals surface area (Å²) in [5.41, 5.74) is -1.53. The van der Waals surface area contributed by atoms with Crippen LogP contribution in [0, 0.1) is 11.6 Å². The molecular formula is C13H7F5. The van der Waals surface area contributed by atoms with Gasteiger partial charge in [0.2, 0.25) is 0 Å². The summed E-state index contributed by atoms with van der Waals surface area (Å²) in [5, 5.41) is 0. The predicted octanol–water partition coefficient (Wildman–Crippen LogP) is 4.65. The molecule has 2 rings (SSSR count). The van der Waals surface area contributed by atoms with Crippen LogP contribution >= 0.6 is 0 Å². The van der Waals surface area contributed by atoms with Crippen LogP contribution in [0.2, 0.25) is 0 Å². The fourth-order valence-electron chi connectivity index (χ4n) is 1.68. The molecule has 0 spiro atoms. The number of hydrogen-bond acceptors (Lipinski definition) is 0. The van der Waals surface area contributed by atoms with Crippen molar-refractivity contribution in [2.24, 2.45) is 0 Å². The second-order valence-electron chi connectivity index (χ2n) is 3.67. The second kappa shape index (κ2) is 4.40. The molecule has 0 aliphatic carbocycles. The van der Waals surface area contributed by atoms with Crippen molar-refractivity contribution >= 4 is 0 Å². The maximum Gasteiger partial charge on any atom is 0.419 e. The molecule has 0 fully saturated rings. The van der Waals surface area contributed by atoms with E-state index >= 15 is 0 Å². The van der Waals surface area contributed by atoms with E-state index in [9.17, 15) is 22.0 Å². The van der Waals surface area contributed by atoms with Gasteiger partial charge in [-0.15, -0.1) is 0 Å². The van der Waals surface area contributed by atoms with Crippen LogP contribution in [0.3, 0.4) is 0 Å². The summed E-state index contributed by atoms with van der Waals surface area (Å²) in [7, 11) is 0. The van der Waals surface area contributed by atoms with Gasteiger partial charge in [0.05, 0.1) is 5.56 Å². The van der Waals surface area contributed by atoms with Gasteiger partial charge in [-0.3, -0.25) is 0 Å². The van der Waals surface area contributed by atoms with Crippen molar-refractivity contribution in [3.63, 3.8) is 0 Å². The number of hydrogen-bond donors (Lipinski definition) is 0. The van der Waals surface area contributed by atoms with Crippen molar-refractivity contribution < 1.29 is 22.0 Å². The average molecular weight is 258 g/mol. The van der Waals surface area contributed by atoms with Crippen LogP contribution in [0.5, 0.6) is 0 Å². The second-order valence-corrected chi connectivity index (χ2v) is 3.67. The van der Waals surface area contributed by atoms with Crippen molar-refractivity contribution in [2.45, 2.75) is 6.18 Å². The largest absolute Gasteiger partial charge is 0.419 e. The maximum atomic E-state index is 13.3. The van der Waals surface area contributed by atoms with Crippen molar-refractivity contribution in [1.82, 2.24) is 0 Å². The van der Waals surface area contributed by atoms with Crippen molar-refractivity contribution in [2.75, 3.05) is 0 Å². The molecule has 0 aliphatic heterocycles. The summed E-state index contributed by atoms with van der Waals surface area (Å²) >= 11 is 0. The van der Waals surface area contributed by atoms with Crippen LogP contribution < -0.4 is 0 Å². The third-order valence-corrected chi connectivity index (χ3v) is 2.45. The van der Waals surface area contributed by atoms with E-state index < -0.39 is 23.4 Å². The molecule has 0 bridgehead atoms. The number of benzene rings is 2. The Labute approximate surface area is 99.7 Å². The van der Waals surface area contributed by atoms with Crippen molar-refractivity contribution in [1.29, 1.82) is 0 Å². The Morgan fingerprint density at radius 1 is 0.778 bits per heavy atom. The lowest BCUT2D eigenvalue weighted by Crippen LogP contribution is -2.10. The number of halogens is 5. The first-order chi connectivity index (χ1) is 8.39. The van der Waals surface area contributed by atoms with Gasteiger partial charge in [0, 0.05) is 0 Å².